The molecule has 2 fully saturated rings. The summed E-state index contributed by atoms with van der Waals surface area (Å²) in [5.41, 5.74) is -0.309. The SMILES string of the molecule is O=S(=O)(c1cccc(F)c1)N1CCC12CCC(CO)CC2. The summed E-state index contributed by atoms with van der Waals surface area (Å²) in [6.07, 6.45) is 4.14. The molecule has 0 amide bonds. The summed E-state index contributed by atoms with van der Waals surface area (Å²) in [6, 6.07) is 5.21. The first-order valence-corrected chi connectivity index (χ1v) is 8.81. The number of halogens is 1. The average Bonchev–Trinajstić information content (AvgIpc) is 2.46. The van der Waals surface area contributed by atoms with E-state index in [1.165, 1.54) is 18.2 Å². The number of hydrogen-bond acceptors (Lipinski definition) is 3. The standard InChI is InChI=1S/C15H20FNO3S/c16-13-2-1-3-14(10-13)21(19,20)17-9-8-15(17)6-4-12(11-18)5-7-15/h1-3,10,12,18H,4-9,11H2. The maximum atomic E-state index is 13.3. The van der Waals surface area contributed by atoms with Gasteiger partial charge in [0.1, 0.15) is 5.82 Å². The predicted molar refractivity (Wildman–Crippen MR) is 76.7 cm³/mol. The van der Waals surface area contributed by atoms with Crippen LogP contribution in [-0.2, 0) is 10.0 Å². The lowest BCUT2D eigenvalue weighted by atomic mass is 9.71. The Kier molecular flexibility index (Phi) is 3.80. The second-order valence-electron chi connectivity index (χ2n) is 6.13. The Balaban J connectivity index is 1.84. The van der Waals surface area contributed by atoms with Gasteiger partial charge in [0, 0.05) is 18.7 Å². The Morgan fingerprint density at radius 3 is 2.52 bits per heavy atom. The molecule has 116 valence electrons. The monoisotopic (exact) mass is 313 g/mol. The maximum Gasteiger partial charge on any atom is 0.243 e. The van der Waals surface area contributed by atoms with Crippen molar-refractivity contribution in [1.29, 1.82) is 0 Å². The number of sulfonamides is 1. The molecule has 1 aromatic carbocycles. The van der Waals surface area contributed by atoms with Crippen molar-refractivity contribution in [3.05, 3.63) is 30.1 Å². The summed E-state index contributed by atoms with van der Waals surface area (Å²) < 4.78 is 40.2. The summed E-state index contributed by atoms with van der Waals surface area (Å²) in [6.45, 7) is 0.676. The van der Waals surface area contributed by atoms with Crippen molar-refractivity contribution in [1.82, 2.24) is 4.31 Å². The molecule has 2 aliphatic rings. The highest BCUT2D eigenvalue weighted by molar-refractivity contribution is 7.89. The van der Waals surface area contributed by atoms with Crippen molar-refractivity contribution in [3.63, 3.8) is 0 Å². The molecule has 0 atom stereocenters. The molecule has 21 heavy (non-hydrogen) atoms. The van der Waals surface area contributed by atoms with Gasteiger partial charge in [0.25, 0.3) is 0 Å². The first-order chi connectivity index (χ1) is 9.98. The van der Waals surface area contributed by atoms with Crippen LogP contribution in [0, 0.1) is 11.7 Å². The molecule has 0 unspecified atom stereocenters. The third-order valence-corrected chi connectivity index (χ3v) is 6.99. The van der Waals surface area contributed by atoms with E-state index in [1.807, 2.05) is 0 Å². The smallest absolute Gasteiger partial charge is 0.243 e. The molecular formula is C15H20FNO3S. The second kappa shape index (κ2) is 5.34. The van der Waals surface area contributed by atoms with Crippen LogP contribution < -0.4 is 0 Å². The Hall–Kier alpha value is -0.980. The summed E-state index contributed by atoms with van der Waals surface area (Å²) >= 11 is 0. The number of aliphatic hydroxyl groups is 1. The number of nitrogens with zero attached hydrogens (tertiary/aromatic N) is 1. The van der Waals surface area contributed by atoms with Gasteiger partial charge in [0.2, 0.25) is 10.0 Å². The highest BCUT2D eigenvalue weighted by atomic mass is 32.2. The average molecular weight is 313 g/mol. The van der Waals surface area contributed by atoms with Crippen molar-refractivity contribution in [2.45, 2.75) is 42.5 Å². The Morgan fingerprint density at radius 1 is 1.29 bits per heavy atom. The van der Waals surface area contributed by atoms with Crippen LogP contribution in [0.4, 0.5) is 4.39 Å². The molecule has 0 aromatic heterocycles. The zero-order valence-corrected chi connectivity index (χ0v) is 12.7. The van der Waals surface area contributed by atoms with E-state index in [2.05, 4.69) is 0 Å². The number of hydrogen-bond donors (Lipinski definition) is 1. The molecule has 1 saturated carbocycles. The Labute approximate surface area is 124 Å². The molecule has 1 aliphatic carbocycles. The topological polar surface area (TPSA) is 57.6 Å². The van der Waals surface area contributed by atoms with E-state index < -0.39 is 15.8 Å². The fourth-order valence-electron chi connectivity index (χ4n) is 3.55. The van der Waals surface area contributed by atoms with Gasteiger partial charge < -0.3 is 5.11 Å². The van der Waals surface area contributed by atoms with Gasteiger partial charge in [-0.25, -0.2) is 12.8 Å². The van der Waals surface area contributed by atoms with Crippen LogP contribution in [0.2, 0.25) is 0 Å². The third-order valence-electron chi connectivity index (χ3n) is 4.99. The van der Waals surface area contributed by atoms with E-state index in [-0.39, 0.29) is 23.0 Å². The van der Waals surface area contributed by atoms with Gasteiger partial charge >= 0.3 is 0 Å². The molecule has 1 spiro atoms. The molecule has 0 radical (unpaired) electrons. The van der Waals surface area contributed by atoms with E-state index in [1.54, 1.807) is 4.31 Å². The van der Waals surface area contributed by atoms with Gasteiger partial charge in [-0.2, -0.15) is 4.31 Å². The second-order valence-corrected chi connectivity index (χ2v) is 8.00. The molecule has 1 aromatic rings. The van der Waals surface area contributed by atoms with Crippen molar-refractivity contribution in [2.75, 3.05) is 13.2 Å². The molecule has 1 saturated heterocycles. The number of benzene rings is 1. The molecule has 1 aliphatic heterocycles. The highest BCUT2D eigenvalue weighted by Gasteiger charge is 2.52. The zero-order chi connectivity index (χ0) is 15.1. The van der Waals surface area contributed by atoms with Gasteiger partial charge in [-0.1, -0.05) is 6.07 Å². The fraction of sp³-hybridized carbons (Fsp3) is 0.600. The van der Waals surface area contributed by atoms with Crippen LogP contribution in [-0.4, -0.2) is 36.5 Å². The van der Waals surface area contributed by atoms with Gasteiger partial charge in [0.15, 0.2) is 0 Å². The van der Waals surface area contributed by atoms with Gasteiger partial charge in [0.05, 0.1) is 4.90 Å². The fourth-order valence-corrected chi connectivity index (χ4v) is 5.43. The first kappa shape index (κ1) is 14.9. The van der Waals surface area contributed by atoms with Crippen molar-refractivity contribution in [3.8, 4) is 0 Å². The number of rotatable bonds is 3. The quantitative estimate of drug-likeness (QED) is 0.930. The molecule has 4 nitrogen and oxygen atoms in total. The Morgan fingerprint density at radius 2 is 2.00 bits per heavy atom. The molecule has 3 rings (SSSR count). The highest BCUT2D eigenvalue weighted by Crippen LogP contribution is 2.47. The lowest BCUT2D eigenvalue weighted by Gasteiger charge is -2.54. The molecule has 1 N–H and O–H groups in total. The van der Waals surface area contributed by atoms with E-state index >= 15 is 0 Å². The lowest BCUT2D eigenvalue weighted by molar-refractivity contribution is 0.00961. The molecule has 0 bridgehead atoms. The van der Waals surface area contributed by atoms with Crippen LogP contribution in [0.1, 0.15) is 32.1 Å². The van der Waals surface area contributed by atoms with Crippen LogP contribution in [0.15, 0.2) is 29.2 Å². The number of aliphatic hydroxyl groups excluding tert-OH is 1. The van der Waals surface area contributed by atoms with E-state index in [9.17, 15) is 17.9 Å². The minimum Gasteiger partial charge on any atom is -0.396 e. The van der Waals surface area contributed by atoms with Crippen molar-refractivity contribution < 1.29 is 17.9 Å². The summed E-state index contributed by atoms with van der Waals surface area (Å²) in [4.78, 5) is 0.0332. The van der Waals surface area contributed by atoms with Crippen LogP contribution in [0.3, 0.4) is 0 Å². The van der Waals surface area contributed by atoms with Crippen molar-refractivity contribution in [2.24, 2.45) is 5.92 Å². The maximum absolute atomic E-state index is 13.3. The largest absolute Gasteiger partial charge is 0.396 e. The zero-order valence-electron chi connectivity index (χ0n) is 11.8. The Bertz CT molecular complexity index is 624. The first-order valence-electron chi connectivity index (χ1n) is 7.37. The minimum atomic E-state index is -3.63. The van der Waals surface area contributed by atoms with Gasteiger partial charge in [-0.05, 0) is 56.2 Å². The van der Waals surface area contributed by atoms with E-state index in [4.69, 9.17) is 0 Å². The predicted octanol–water partition coefficient (Wildman–Crippen LogP) is 2.14. The normalized spacial score (nSPS) is 30.3. The molecule has 1 heterocycles. The van der Waals surface area contributed by atoms with E-state index in [0.29, 0.717) is 6.54 Å². The van der Waals surface area contributed by atoms with Gasteiger partial charge in [-0.3, -0.25) is 0 Å². The van der Waals surface area contributed by atoms with Crippen molar-refractivity contribution >= 4 is 10.0 Å². The van der Waals surface area contributed by atoms with E-state index in [0.717, 1.165) is 38.2 Å². The van der Waals surface area contributed by atoms with Gasteiger partial charge in [-0.15, -0.1) is 0 Å². The third kappa shape index (κ3) is 2.49. The minimum absolute atomic E-state index is 0.0332. The lowest BCUT2D eigenvalue weighted by Crippen LogP contribution is -2.63. The van der Waals surface area contributed by atoms with Crippen LogP contribution in [0.25, 0.3) is 0 Å². The van der Waals surface area contributed by atoms with Crippen LogP contribution >= 0.6 is 0 Å². The summed E-state index contributed by atoms with van der Waals surface area (Å²) in [5, 5.41) is 9.21. The summed E-state index contributed by atoms with van der Waals surface area (Å²) in [7, 11) is -3.63. The molecular weight excluding hydrogens is 293 g/mol. The van der Waals surface area contributed by atoms with Crippen LogP contribution in [0.5, 0.6) is 0 Å². The summed E-state index contributed by atoms with van der Waals surface area (Å²) in [5.74, 6) is -0.246. The molecule has 6 heteroatoms.